The van der Waals surface area contributed by atoms with E-state index in [4.69, 9.17) is 16.9 Å². The van der Waals surface area contributed by atoms with Crippen molar-refractivity contribution in [3.8, 4) is 6.07 Å². The molecule has 4 rings (SSSR count). The van der Waals surface area contributed by atoms with Crippen LogP contribution in [0.2, 0.25) is 5.02 Å². The van der Waals surface area contributed by atoms with Crippen molar-refractivity contribution in [2.75, 3.05) is 7.05 Å². The monoisotopic (exact) mass is 484 g/mol. The van der Waals surface area contributed by atoms with E-state index in [1.165, 1.54) is 16.7 Å². The minimum atomic E-state index is -0.117. The minimum Gasteiger partial charge on any atom is -0.333 e. The average molecular weight is 486 g/mol. The number of amidine groups is 1. The second kappa shape index (κ2) is 8.07. The van der Waals surface area contributed by atoms with Crippen LogP contribution in [0, 0.1) is 11.3 Å². The smallest absolute Gasteiger partial charge is 0.266 e. The number of para-hydroxylation sites is 1. The van der Waals surface area contributed by atoms with Crippen molar-refractivity contribution >= 4 is 73.0 Å². The summed E-state index contributed by atoms with van der Waals surface area (Å²) < 4.78 is 2.68. The van der Waals surface area contributed by atoms with Crippen molar-refractivity contribution in [1.29, 1.82) is 5.26 Å². The predicted octanol–water partition coefficient (Wildman–Crippen LogP) is 5.81. The molecule has 1 aromatic heterocycles. The molecule has 0 spiro atoms. The van der Waals surface area contributed by atoms with Crippen LogP contribution in [0.25, 0.3) is 17.0 Å². The molecular weight excluding hydrogens is 472 g/mol. The summed E-state index contributed by atoms with van der Waals surface area (Å²) in [4.78, 5) is 19.4. The summed E-state index contributed by atoms with van der Waals surface area (Å²) in [5, 5.41) is 11.2. The number of aliphatic imine (C=N–C) groups is 1. The molecule has 0 bridgehead atoms. The van der Waals surface area contributed by atoms with Gasteiger partial charge in [0, 0.05) is 34.2 Å². The molecule has 2 aromatic carbocycles. The van der Waals surface area contributed by atoms with E-state index >= 15 is 0 Å². The van der Waals surface area contributed by atoms with Crippen molar-refractivity contribution < 1.29 is 4.79 Å². The molecule has 144 valence electrons. The van der Waals surface area contributed by atoms with Gasteiger partial charge in [0.15, 0.2) is 5.17 Å². The first kappa shape index (κ1) is 19.8. The Bertz CT molecular complexity index is 1240. The van der Waals surface area contributed by atoms with Gasteiger partial charge in [-0.15, -0.1) is 0 Å². The van der Waals surface area contributed by atoms with Crippen LogP contribution in [0.15, 0.2) is 63.0 Å². The third kappa shape index (κ3) is 3.84. The Morgan fingerprint density at radius 2 is 2.10 bits per heavy atom. The summed E-state index contributed by atoms with van der Waals surface area (Å²) in [6.45, 7) is 0.252. The van der Waals surface area contributed by atoms with Crippen molar-refractivity contribution in [2.45, 2.75) is 6.54 Å². The topological polar surface area (TPSA) is 61.4 Å². The lowest BCUT2D eigenvalue weighted by Crippen LogP contribution is -2.23. The first-order valence-corrected chi connectivity index (χ1v) is 10.6. The SMILES string of the molecule is CN1C(=O)/C(=C\c2cn(CC#N)c3ccccc23)SC1=Nc1ccc(Br)c(Cl)c1. The molecule has 0 atom stereocenters. The van der Waals surface area contributed by atoms with Gasteiger partial charge in [-0.2, -0.15) is 5.26 Å². The number of thioether (sulfide) groups is 1. The lowest BCUT2D eigenvalue weighted by atomic mass is 10.1. The summed E-state index contributed by atoms with van der Waals surface area (Å²) >= 11 is 10.8. The fourth-order valence-corrected chi connectivity index (χ4v) is 4.45. The second-order valence-corrected chi connectivity index (χ2v) is 8.63. The van der Waals surface area contributed by atoms with Crippen LogP contribution < -0.4 is 0 Å². The summed E-state index contributed by atoms with van der Waals surface area (Å²) in [5.41, 5.74) is 2.53. The highest BCUT2D eigenvalue weighted by atomic mass is 79.9. The normalized spacial score (nSPS) is 16.9. The van der Waals surface area contributed by atoms with E-state index in [2.05, 4.69) is 27.0 Å². The first-order chi connectivity index (χ1) is 14.0. The Morgan fingerprint density at radius 3 is 2.86 bits per heavy atom. The zero-order valence-electron chi connectivity index (χ0n) is 15.3. The van der Waals surface area contributed by atoms with E-state index < -0.39 is 0 Å². The molecule has 0 aliphatic carbocycles. The fraction of sp³-hybridized carbons (Fsp3) is 0.0952. The Labute approximate surface area is 185 Å². The van der Waals surface area contributed by atoms with E-state index in [0.717, 1.165) is 20.9 Å². The Hall–Kier alpha value is -2.53. The predicted molar refractivity (Wildman–Crippen MR) is 122 cm³/mol. The number of rotatable bonds is 3. The molecule has 0 radical (unpaired) electrons. The number of likely N-dealkylation sites (N-methyl/N-ethyl adjacent to an activating group) is 1. The third-order valence-corrected chi connectivity index (χ3v) is 6.77. The number of carbonyl (C=O) groups is 1. The van der Waals surface area contributed by atoms with Crippen LogP contribution in [0.5, 0.6) is 0 Å². The maximum absolute atomic E-state index is 12.8. The van der Waals surface area contributed by atoms with Gasteiger partial charge in [0.1, 0.15) is 6.54 Å². The van der Waals surface area contributed by atoms with E-state index in [1.807, 2.05) is 53.2 Å². The highest BCUT2D eigenvalue weighted by molar-refractivity contribution is 9.10. The van der Waals surface area contributed by atoms with E-state index in [0.29, 0.717) is 20.8 Å². The maximum Gasteiger partial charge on any atom is 0.266 e. The highest BCUT2D eigenvalue weighted by Crippen LogP contribution is 2.35. The standard InChI is InChI=1S/C21H14BrClN4OS/c1-26-20(28)19(29-21(26)25-14-6-7-16(22)17(23)11-14)10-13-12-27(9-8-24)18-5-3-2-4-15(13)18/h2-7,10-12H,9H2,1H3/b19-10+,25-21?. The number of nitrogens with zero attached hydrogens (tertiary/aromatic N) is 4. The number of amides is 1. The van der Waals surface area contributed by atoms with Crippen molar-refractivity contribution in [3.05, 3.63) is 68.6 Å². The molecule has 1 aliphatic rings. The number of fused-ring (bicyclic) bond motifs is 1. The first-order valence-electron chi connectivity index (χ1n) is 8.64. The highest BCUT2D eigenvalue weighted by Gasteiger charge is 2.30. The number of hydrogen-bond donors (Lipinski definition) is 0. The Balaban J connectivity index is 1.71. The zero-order chi connectivity index (χ0) is 20.5. The van der Waals surface area contributed by atoms with Gasteiger partial charge in [0.2, 0.25) is 0 Å². The average Bonchev–Trinajstić information content (AvgIpc) is 3.18. The number of nitriles is 1. The van der Waals surface area contributed by atoms with Crippen molar-refractivity contribution in [1.82, 2.24) is 9.47 Å². The molecule has 1 aliphatic heterocycles. The molecule has 1 amide bonds. The lowest BCUT2D eigenvalue weighted by Gasteiger charge is -2.07. The molecule has 0 N–H and O–H groups in total. The van der Waals surface area contributed by atoms with Crippen LogP contribution in [-0.2, 0) is 11.3 Å². The molecule has 0 unspecified atom stereocenters. The lowest BCUT2D eigenvalue weighted by molar-refractivity contribution is -0.121. The van der Waals surface area contributed by atoms with Gasteiger partial charge < -0.3 is 4.57 Å². The van der Waals surface area contributed by atoms with Crippen LogP contribution in [0.3, 0.4) is 0 Å². The summed E-state index contributed by atoms with van der Waals surface area (Å²) in [6.07, 6.45) is 3.76. The molecule has 2 heterocycles. The fourth-order valence-electron chi connectivity index (χ4n) is 3.06. The summed E-state index contributed by atoms with van der Waals surface area (Å²) in [7, 11) is 1.70. The number of hydrogen-bond acceptors (Lipinski definition) is 4. The largest absolute Gasteiger partial charge is 0.333 e. The number of carbonyl (C=O) groups excluding carboxylic acids is 1. The molecule has 8 heteroatoms. The van der Waals surface area contributed by atoms with Crippen LogP contribution in [0.4, 0.5) is 5.69 Å². The van der Waals surface area contributed by atoms with Gasteiger partial charge >= 0.3 is 0 Å². The molecule has 1 saturated heterocycles. The van der Waals surface area contributed by atoms with Gasteiger partial charge in [0.25, 0.3) is 5.91 Å². The van der Waals surface area contributed by atoms with Gasteiger partial charge in [-0.3, -0.25) is 9.69 Å². The molecule has 5 nitrogen and oxygen atoms in total. The second-order valence-electron chi connectivity index (χ2n) is 6.36. The Morgan fingerprint density at radius 1 is 1.31 bits per heavy atom. The van der Waals surface area contributed by atoms with Crippen molar-refractivity contribution in [2.24, 2.45) is 4.99 Å². The summed E-state index contributed by atoms with van der Waals surface area (Å²) in [6, 6.07) is 15.4. The molecule has 0 saturated carbocycles. The quantitative estimate of drug-likeness (QED) is 0.440. The summed E-state index contributed by atoms with van der Waals surface area (Å²) in [5.74, 6) is -0.117. The van der Waals surface area contributed by atoms with Crippen LogP contribution in [0.1, 0.15) is 5.56 Å². The van der Waals surface area contributed by atoms with Crippen LogP contribution >= 0.6 is 39.3 Å². The van der Waals surface area contributed by atoms with Gasteiger partial charge in [-0.25, -0.2) is 4.99 Å². The van der Waals surface area contributed by atoms with Crippen molar-refractivity contribution in [3.63, 3.8) is 0 Å². The van der Waals surface area contributed by atoms with Gasteiger partial charge in [-0.05, 0) is 58.0 Å². The molecule has 1 fully saturated rings. The number of aromatic nitrogens is 1. The molecular formula is C21H14BrClN4OS. The molecule has 3 aromatic rings. The Kier molecular flexibility index (Phi) is 5.50. The minimum absolute atomic E-state index is 0.117. The van der Waals surface area contributed by atoms with Crippen LogP contribution in [-0.4, -0.2) is 27.6 Å². The van der Waals surface area contributed by atoms with Gasteiger partial charge in [0.05, 0.1) is 21.7 Å². The van der Waals surface area contributed by atoms with E-state index in [9.17, 15) is 4.79 Å². The maximum atomic E-state index is 12.8. The van der Waals surface area contributed by atoms with Gasteiger partial charge in [-0.1, -0.05) is 29.8 Å². The van der Waals surface area contributed by atoms with E-state index in [1.54, 1.807) is 13.1 Å². The number of benzene rings is 2. The molecule has 29 heavy (non-hydrogen) atoms. The van der Waals surface area contributed by atoms with E-state index in [-0.39, 0.29) is 12.5 Å². The number of halogens is 2. The third-order valence-electron chi connectivity index (χ3n) is 4.48. The zero-order valence-corrected chi connectivity index (χ0v) is 18.4.